The number of carbonyl (C=O) groups is 1. The van der Waals surface area contributed by atoms with E-state index in [-0.39, 0.29) is 5.91 Å². The van der Waals surface area contributed by atoms with Crippen LogP contribution >= 0.6 is 22.6 Å². The molecule has 0 aliphatic carbocycles. The summed E-state index contributed by atoms with van der Waals surface area (Å²) in [6.45, 7) is 0. The van der Waals surface area contributed by atoms with Crippen molar-refractivity contribution >= 4 is 46.1 Å². The first-order valence-corrected chi connectivity index (χ1v) is 9.29. The van der Waals surface area contributed by atoms with Crippen LogP contribution < -0.4 is 5.01 Å². The van der Waals surface area contributed by atoms with E-state index >= 15 is 0 Å². The van der Waals surface area contributed by atoms with Crippen molar-refractivity contribution in [3.8, 4) is 0 Å². The lowest BCUT2D eigenvalue weighted by Crippen LogP contribution is -2.39. The minimum Gasteiger partial charge on any atom is -0.267 e. The second-order valence-corrected chi connectivity index (χ2v) is 7.20. The zero-order valence-corrected chi connectivity index (χ0v) is 16.3. The summed E-state index contributed by atoms with van der Waals surface area (Å²) >= 11 is 2.27. The van der Waals surface area contributed by atoms with Crippen molar-refractivity contribution in [1.29, 1.82) is 0 Å². The SMILES string of the molecule is CN(c1ccccn1)N1C(=O)c2ccc(I)cc2C1=Cc1ccccc1. The van der Waals surface area contributed by atoms with Crippen LogP contribution in [0.3, 0.4) is 0 Å². The first-order valence-electron chi connectivity index (χ1n) is 8.21. The lowest BCUT2D eigenvalue weighted by Gasteiger charge is -2.30. The highest BCUT2D eigenvalue weighted by Crippen LogP contribution is 2.37. The molecule has 0 spiro atoms. The van der Waals surface area contributed by atoms with Crippen molar-refractivity contribution in [2.24, 2.45) is 0 Å². The van der Waals surface area contributed by atoms with Crippen LogP contribution in [0.25, 0.3) is 11.8 Å². The zero-order chi connectivity index (χ0) is 18.1. The summed E-state index contributed by atoms with van der Waals surface area (Å²) in [5, 5.41) is 3.49. The molecule has 26 heavy (non-hydrogen) atoms. The third-order valence-electron chi connectivity index (χ3n) is 4.29. The van der Waals surface area contributed by atoms with Crippen LogP contribution in [0.4, 0.5) is 5.82 Å². The Morgan fingerprint density at radius 2 is 1.77 bits per heavy atom. The average Bonchev–Trinajstić information content (AvgIpc) is 2.94. The Hall–Kier alpha value is -2.67. The van der Waals surface area contributed by atoms with Gasteiger partial charge in [-0.2, -0.15) is 0 Å². The predicted molar refractivity (Wildman–Crippen MR) is 112 cm³/mol. The van der Waals surface area contributed by atoms with E-state index in [1.54, 1.807) is 16.2 Å². The second kappa shape index (κ2) is 6.92. The van der Waals surface area contributed by atoms with Gasteiger partial charge in [0.05, 0.1) is 11.3 Å². The third kappa shape index (κ3) is 2.99. The van der Waals surface area contributed by atoms with Gasteiger partial charge in [0.2, 0.25) is 0 Å². The number of benzene rings is 2. The topological polar surface area (TPSA) is 36.4 Å². The Bertz CT molecular complexity index is 987. The van der Waals surface area contributed by atoms with Gasteiger partial charge in [-0.1, -0.05) is 36.4 Å². The van der Waals surface area contributed by atoms with Crippen LogP contribution in [0.5, 0.6) is 0 Å². The molecule has 0 N–H and O–H groups in total. The lowest BCUT2D eigenvalue weighted by molar-refractivity contribution is 0.0844. The van der Waals surface area contributed by atoms with E-state index in [0.29, 0.717) is 11.4 Å². The van der Waals surface area contributed by atoms with Gasteiger partial charge in [-0.3, -0.25) is 9.80 Å². The molecule has 0 radical (unpaired) electrons. The first kappa shape index (κ1) is 16.8. The lowest BCUT2D eigenvalue weighted by atomic mass is 10.1. The number of hydrazine groups is 1. The van der Waals surface area contributed by atoms with Gasteiger partial charge < -0.3 is 0 Å². The van der Waals surface area contributed by atoms with Gasteiger partial charge >= 0.3 is 0 Å². The molecule has 0 atom stereocenters. The van der Waals surface area contributed by atoms with Gasteiger partial charge in [-0.15, -0.1) is 0 Å². The van der Waals surface area contributed by atoms with Gasteiger partial charge in [0.25, 0.3) is 5.91 Å². The zero-order valence-electron chi connectivity index (χ0n) is 14.1. The Balaban J connectivity index is 1.87. The number of rotatable bonds is 3. The van der Waals surface area contributed by atoms with Crippen molar-refractivity contribution < 1.29 is 4.79 Å². The molecular weight excluding hydrogens is 437 g/mol. The fourth-order valence-corrected chi connectivity index (χ4v) is 3.54. The maximum Gasteiger partial charge on any atom is 0.277 e. The van der Waals surface area contributed by atoms with Gasteiger partial charge in [0.1, 0.15) is 5.82 Å². The smallest absolute Gasteiger partial charge is 0.267 e. The van der Waals surface area contributed by atoms with Gasteiger partial charge in [0.15, 0.2) is 0 Å². The highest BCUT2D eigenvalue weighted by Gasteiger charge is 2.35. The molecule has 1 amide bonds. The summed E-state index contributed by atoms with van der Waals surface area (Å²) < 4.78 is 1.09. The van der Waals surface area contributed by atoms with Crippen molar-refractivity contribution in [1.82, 2.24) is 9.99 Å². The number of halogens is 1. The quantitative estimate of drug-likeness (QED) is 0.540. The Morgan fingerprint density at radius 1 is 1.00 bits per heavy atom. The molecule has 0 saturated carbocycles. The standard InChI is InChI=1S/C21H16IN3O/c1-24(20-9-5-6-12-23-20)25-19(13-15-7-3-2-4-8-15)18-14-16(22)10-11-17(18)21(25)26/h2-14H,1H3. The van der Waals surface area contributed by atoms with Crippen LogP contribution in [0.15, 0.2) is 72.9 Å². The molecule has 1 aliphatic rings. The summed E-state index contributed by atoms with van der Waals surface area (Å²) in [4.78, 5) is 17.5. The molecule has 2 heterocycles. The van der Waals surface area contributed by atoms with E-state index < -0.39 is 0 Å². The van der Waals surface area contributed by atoms with E-state index in [1.165, 1.54) is 0 Å². The first-order chi connectivity index (χ1) is 12.6. The molecule has 1 aromatic heterocycles. The van der Waals surface area contributed by atoms with E-state index in [9.17, 15) is 4.79 Å². The maximum absolute atomic E-state index is 13.1. The van der Waals surface area contributed by atoms with E-state index in [2.05, 4.69) is 33.6 Å². The number of nitrogens with zero attached hydrogens (tertiary/aromatic N) is 3. The number of carbonyl (C=O) groups excluding carboxylic acids is 1. The molecule has 0 saturated heterocycles. The molecule has 0 unspecified atom stereocenters. The third-order valence-corrected chi connectivity index (χ3v) is 4.96. The molecular formula is C21H16IN3O. The molecule has 3 aromatic rings. The van der Waals surface area contributed by atoms with E-state index in [1.807, 2.05) is 73.8 Å². The molecule has 0 bridgehead atoms. The molecule has 4 rings (SSSR count). The average molecular weight is 453 g/mol. The molecule has 4 nitrogen and oxygen atoms in total. The van der Waals surface area contributed by atoms with Crippen molar-refractivity contribution in [3.05, 3.63) is 93.2 Å². The normalized spacial score (nSPS) is 14.6. The molecule has 5 heteroatoms. The number of amides is 1. The fourth-order valence-electron chi connectivity index (χ4n) is 3.04. The van der Waals surface area contributed by atoms with Gasteiger partial charge in [-0.25, -0.2) is 9.99 Å². The number of aromatic nitrogens is 1. The van der Waals surface area contributed by atoms with Crippen LogP contribution in [0.1, 0.15) is 21.5 Å². The number of anilines is 1. The molecule has 0 fully saturated rings. The van der Waals surface area contributed by atoms with Crippen molar-refractivity contribution in [2.45, 2.75) is 0 Å². The summed E-state index contributed by atoms with van der Waals surface area (Å²) in [6, 6.07) is 21.6. The van der Waals surface area contributed by atoms with Gasteiger partial charge in [-0.05, 0) is 64.6 Å². The Labute approximate surface area is 165 Å². The van der Waals surface area contributed by atoms with Crippen molar-refractivity contribution in [2.75, 3.05) is 12.1 Å². The summed E-state index contributed by atoms with van der Waals surface area (Å²) in [5.74, 6) is 0.661. The van der Waals surface area contributed by atoms with Crippen LogP contribution in [-0.4, -0.2) is 22.9 Å². The van der Waals surface area contributed by atoms with E-state index in [0.717, 1.165) is 20.4 Å². The maximum atomic E-state index is 13.1. The van der Waals surface area contributed by atoms with Gasteiger partial charge in [0, 0.05) is 22.4 Å². The number of fused-ring (bicyclic) bond motifs is 1. The summed E-state index contributed by atoms with van der Waals surface area (Å²) in [5.41, 5.74) is 3.54. The second-order valence-electron chi connectivity index (χ2n) is 5.96. The molecule has 128 valence electrons. The number of pyridine rings is 1. The number of hydrogen-bond acceptors (Lipinski definition) is 3. The monoisotopic (exact) mass is 453 g/mol. The largest absolute Gasteiger partial charge is 0.277 e. The van der Waals surface area contributed by atoms with Crippen LogP contribution in [0.2, 0.25) is 0 Å². The molecule has 2 aromatic carbocycles. The molecule has 1 aliphatic heterocycles. The minimum absolute atomic E-state index is 0.0493. The fraction of sp³-hybridized carbons (Fsp3) is 0.0476. The Morgan fingerprint density at radius 3 is 2.50 bits per heavy atom. The number of hydrogen-bond donors (Lipinski definition) is 0. The van der Waals surface area contributed by atoms with Crippen molar-refractivity contribution in [3.63, 3.8) is 0 Å². The summed E-state index contributed by atoms with van der Waals surface area (Å²) in [6.07, 6.45) is 3.77. The Kier molecular flexibility index (Phi) is 4.46. The predicted octanol–water partition coefficient (Wildman–Crippen LogP) is 4.69. The van der Waals surface area contributed by atoms with E-state index in [4.69, 9.17) is 0 Å². The highest BCUT2D eigenvalue weighted by atomic mass is 127. The summed E-state index contributed by atoms with van der Waals surface area (Å²) in [7, 11) is 1.86. The van der Waals surface area contributed by atoms with Crippen LogP contribution in [0, 0.1) is 3.57 Å². The minimum atomic E-state index is -0.0493. The van der Waals surface area contributed by atoms with Crippen LogP contribution in [-0.2, 0) is 0 Å². The highest BCUT2D eigenvalue weighted by molar-refractivity contribution is 14.1.